The van der Waals surface area contributed by atoms with Gasteiger partial charge in [0.1, 0.15) is 17.4 Å². The molecule has 3 aliphatic heterocycles. The second-order valence-electron chi connectivity index (χ2n) is 8.06. The predicted molar refractivity (Wildman–Crippen MR) is 108 cm³/mol. The number of alkyl halides is 6. The molecule has 11 heteroatoms. The fraction of sp³-hybridized carbons (Fsp3) is 0.429. The second-order valence-corrected chi connectivity index (χ2v) is 8.06. The van der Waals surface area contributed by atoms with Gasteiger partial charge in [0, 0.05) is 32.4 Å². The molecule has 32 heavy (non-hydrogen) atoms. The van der Waals surface area contributed by atoms with Gasteiger partial charge < -0.3 is 15.1 Å². The zero-order chi connectivity index (χ0) is 23.4. The third kappa shape index (κ3) is 3.95. The summed E-state index contributed by atoms with van der Waals surface area (Å²) in [4.78, 5) is 12.1. The van der Waals surface area contributed by atoms with Gasteiger partial charge in [-0.3, -0.25) is 4.99 Å². The summed E-state index contributed by atoms with van der Waals surface area (Å²) in [5.74, 6) is 0.453. The first kappa shape index (κ1) is 22.2. The van der Waals surface area contributed by atoms with Crippen molar-refractivity contribution < 1.29 is 26.3 Å². The zero-order valence-electron chi connectivity index (χ0n) is 17.5. The maximum Gasteiger partial charge on any atom is 0.430 e. The molecule has 5 nitrogen and oxygen atoms in total. The van der Waals surface area contributed by atoms with Crippen LogP contribution in [0.1, 0.15) is 17.0 Å². The number of fused-ring (bicyclic) bond motifs is 1. The van der Waals surface area contributed by atoms with Gasteiger partial charge in [0.25, 0.3) is 0 Å². The number of dihydropyridines is 1. The quantitative estimate of drug-likeness (QED) is 0.689. The summed E-state index contributed by atoms with van der Waals surface area (Å²) in [7, 11) is 3.15. The van der Waals surface area contributed by atoms with Gasteiger partial charge >= 0.3 is 12.4 Å². The Balaban J connectivity index is 1.65. The molecule has 0 aromatic carbocycles. The minimum absolute atomic E-state index is 0.148. The fourth-order valence-electron chi connectivity index (χ4n) is 4.05. The number of rotatable bonds is 2. The van der Waals surface area contributed by atoms with Crippen molar-refractivity contribution in [1.29, 1.82) is 0 Å². The Morgan fingerprint density at radius 2 is 1.81 bits per heavy atom. The van der Waals surface area contributed by atoms with E-state index in [9.17, 15) is 26.3 Å². The zero-order valence-corrected chi connectivity index (χ0v) is 17.5. The lowest BCUT2D eigenvalue weighted by atomic mass is 10.0. The van der Waals surface area contributed by atoms with Gasteiger partial charge in [-0.2, -0.15) is 26.3 Å². The normalized spacial score (nSPS) is 25.8. The summed E-state index contributed by atoms with van der Waals surface area (Å²) in [5.41, 5.74) is 1.41. The topological polar surface area (TPSA) is 43.8 Å². The Bertz CT molecular complexity index is 1040. The molecule has 0 saturated heterocycles. The largest absolute Gasteiger partial charge is 0.430 e. The smallest absolute Gasteiger partial charge is 0.376 e. The van der Waals surface area contributed by atoms with Crippen LogP contribution in [0.25, 0.3) is 5.57 Å². The highest BCUT2D eigenvalue weighted by Crippen LogP contribution is 2.35. The van der Waals surface area contributed by atoms with E-state index < -0.39 is 30.1 Å². The van der Waals surface area contributed by atoms with E-state index in [0.717, 1.165) is 17.7 Å². The molecule has 0 spiro atoms. The highest BCUT2D eigenvalue weighted by molar-refractivity contribution is 6.00. The number of pyridine rings is 1. The molecule has 0 radical (unpaired) electrons. The summed E-state index contributed by atoms with van der Waals surface area (Å²) in [6, 6.07) is 0.729. The summed E-state index contributed by atoms with van der Waals surface area (Å²) in [5, 5.41) is 2.31. The SMILES string of the molecule is Cc1ccc(C2=CNC(C(F)(F)F)C=C2)nc1C1=NC2C=C(C(F)(F)F)N(C)CC2N1C. The van der Waals surface area contributed by atoms with Crippen molar-refractivity contribution in [2.75, 3.05) is 20.6 Å². The molecule has 3 atom stereocenters. The van der Waals surface area contributed by atoms with Crippen LogP contribution < -0.4 is 5.32 Å². The number of hydrogen-bond acceptors (Lipinski definition) is 5. The average molecular weight is 457 g/mol. The van der Waals surface area contributed by atoms with Crippen LogP contribution in [-0.2, 0) is 0 Å². The van der Waals surface area contributed by atoms with Crippen LogP contribution in [0.3, 0.4) is 0 Å². The Hall–Kier alpha value is -2.98. The average Bonchev–Trinajstić information content (AvgIpc) is 3.02. The Morgan fingerprint density at radius 3 is 2.41 bits per heavy atom. The lowest BCUT2D eigenvalue weighted by molar-refractivity contribution is -0.142. The lowest BCUT2D eigenvalue weighted by Crippen LogP contribution is -2.49. The summed E-state index contributed by atoms with van der Waals surface area (Å²) in [6.07, 6.45) is -4.12. The molecule has 3 aliphatic rings. The molecular weight excluding hydrogens is 436 g/mol. The van der Waals surface area contributed by atoms with E-state index in [2.05, 4.69) is 15.3 Å². The molecule has 0 bridgehead atoms. The monoisotopic (exact) mass is 457 g/mol. The second kappa shape index (κ2) is 7.56. The maximum atomic E-state index is 13.3. The molecule has 4 rings (SSSR count). The molecular formula is C21H21F6N5. The number of aromatic nitrogens is 1. The number of aliphatic imine (C=N–C) groups is 1. The highest BCUT2D eigenvalue weighted by atomic mass is 19.4. The van der Waals surface area contributed by atoms with Crippen molar-refractivity contribution in [3.63, 3.8) is 0 Å². The number of allylic oxidation sites excluding steroid dienone is 3. The van der Waals surface area contributed by atoms with Crippen molar-refractivity contribution in [3.05, 3.63) is 59.2 Å². The number of nitrogens with zero attached hydrogens (tertiary/aromatic N) is 4. The van der Waals surface area contributed by atoms with E-state index in [4.69, 9.17) is 0 Å². The van der Waals surface area contributed by atoms with Crippen LogP contribution in [0, 0.1) is 6.92 Å². The predicted octanol–water partition coefficient (Wildman–Crippen LogP) is 3.64. The van der Waals surface area contributed by atoms with E-state index in [1.807, 2.05) is 4.90 Å². The molecule has 0 aliphatic carbocycles. The number of nitrogens with one attached hydrogen (secondary N) is 1. The minimum Gasteiger partial charge on any atom is -0.376 e. The van der Waals surface area contributed by atoms with Gasteiger partial charge in [-0.1, -0.05) is 18.2 Å². The van der Waals surface area contributed by atoms with Crippen LogP contribution in [0.4, 0.5) is 26.3 Å². The molecule has 4 heterocycles. The van der Waals surface area contributed by atoms with Crippen molar-refractivity contribution in [1.82, 2.24) is 20.1 Å². The Kier molecular flexibility index (Phi) is 5.25. The third-order valence-corrected chi connectivity index (χ3v) is 5.83. The molecule has 3 unspecified atom stereocenters. The lowest BCUT2D eigenvalue weighted by Gasteiger charge is -2.36. The van der Waals surface area contributed by atoms with Gasteiger partial charge in [0.15, 0.2) is 5.84 Å². The van der Waals surface area contributed by atoms with Crippen molar-refractivity contribution in [3.8, 4) is 0 Å². The van der Waals surface area contributed by atoms with Crippen molar-refractivity contribution in [2.45, 2.75) is 37.4 Å². The first-order valence-electron chi connectivity index (χ1n) is 9.86. The molecule has 1 aromatic heterocycles. The number of aryl methyl sites for hydroxylation is 1. The van der Waals surface area contributed by atoms with Crippen LogP contribution in [0.15, 0.2) is 47.3 Å². The molecule has 172 valence electrons. The van der Waals surface area contributed by atoms with Gasteiger partial charge in [0.05, 0.1) is 17.8 Å². The van der Waals surface area contributed by atoms with Gasteiger partial charge in [-0.25, -0.2) is 4.98 Å². The number of hydrogen-bond donors (Lipinski definition) is 1. The van der Waals surface area contributed by atoms with E-state index in [1.165, 1.54) is 24.2 Å². The Labute approximate surface area is 180 Å². The number of halogens is 6. The third-order valence-electron chi connectivity index (χ3n) is 5.83. The summed E-state index contributed by atoms with van der Waals surface area (Å²) in [6.45, 7) is 1.95. The molecule has 0 amide bonds. The van der Waals surface area contributed by atoms with E-state index in [-0.39, 0.29) is 12.6 Å². The molecule has 0 fully saturated rings. The minimum atomic E-state index is -4.47. The fourth-order valence-corrected chi connectivity index (χ4v) is 4.05. The van der Waals surface area contributed by atoms with Crippen LogP contribution in [-0.4, -0.2) is 71.7 Å². The molecule has 0 saturated carbocycles. The van der Waals surface area contributed by atoms with Gasteiger partial charge in [0.2, 0.25) is 0 Å². The molecule has 1 aromatic rings. The first-order chi connectivity index (χ1) is 14.9. The highest BCUT2D eigenvalue weighted by Gasteiger charge is 2.45. The van der Waals surface area contributed by atoms with Crippen LogP contribution >= 0.6 is 0 Å². The van der Waals surface area contributed by atoms with Crippen molar-refractivity contribution >= 4 is 11.4 Å². The van der Waals surface area contributed by atoms with E-state index in [0.29, 0.717) is 22.8 Å². The maximum absolute atomic E-state index is 13.3. The first-order valence-corrected chi connectivity index (χ1v) is 9.86. The number of likely N-dealkylation sites (N-methyl/N-ethyl adjacent to an activating group) is 2. The van der Waals surface area contributed by atoms with Crippen molar-refractivity contribution in [2.24, 2.45) is 4.99 Å². The standard InChI is InChI=1S/C21H21F6N5/c1-11-4-6-13(12-5-7-16(28-9-12)20(22,23)24)29-18(11)19-30-14-8-17(21(25,26)27)31(2)10-15(14)32(19)3/h4-9,14-16,28H,10H2,1-3H3. The van der Waals surface area contributed by atoms with Gasteiger partial charge in [-0.15, -0.1) is 0 Å². The number of amidine groups is 1. The van der Waals surface area contributed by atoms with E-state index >= 15 is 0 Å². The van der Waals surface area contributed by atoms with Crippen LogP contribution in [0.5, 0.6) is 0 Å². The summed E-state index contributed by atoms with van der Waals surface area (Å²) < 4.78 is 78.5. The molecule has 1 N–H and O–H groups in total. The Morgan fingerprint density at radius 1 is 1.09 bits per heavy atom. The van der Waals surface area contributed by atoms with Crippen LogP contribution in [0.2, 0.25) is 0 Å². The van der Waals surface area contributed by atoms with Gasteiger partial charge in [-0.05, 0) is 24.6 Å². The van der Waals surface area contributed by atoms with E-state index in [1.54, 1.807) is 26.1 Å². The summed E-state index contributed by atoms with van der Waals surface area (Å²) >= 11 is 0.